The SMILES string of the molecule is C.C1CCC1.CC.CC(=O)C1CC(C(=O)O)C1C(C)=O.CCC.O=C=O.[Y]. The van der Waals surface area contributed by atoms with Crippen molar-refractivity contribution in [2.24, 2.45) is 17.8 Å². The molecule has 7 heteroatoms. The third kappa shape index (κ3) is 18.4. The fourth-order valence-corrected chi connectivity index (χ4v) is 2.14. The first kappa shape index (κ1) is 37.1. The number of aliphatic carboxylic acids is 1. The van der Waals surface area contributed by atoms with Gasteiger partial charge in [0.1, 0.15) is 11.6 Å². The molecule has 2 aliphatic carbocycles. The summed E-state index contributed by atoms with van der Waals surface area (Å²) >= 11 is 0. The van der Waals surface area contributed by atoms with Crippen LogP contribution < -0.4 is 0 Å². The monoisotopic (exact) mass is 463 g/mol. The zero-order valence-electron chi connectivity index (χ0n) is 17.0. The van der Waals surface area contributed by atoms with Gasteiger partial charge in [0.15, 0.2) is 0 Å². The predicted octanol–water partition coefficient (Wildman–Crippen LogP) is 4.55. The van der Waals surface area contributed by atoms with Crippen molar-refractivity contribution >= 4 is 23.7 Å². The van der Waals surface area contributed by atoms with Gasteiger partial charge in [0.05, 0.1) is 5.92 Å². The Morgan fingerprint density at radius 1 is 0.889 bits per heavy atom. The molecule has 3 unspecified atom stereocenters. The molecule has 0 bridgehead atoms. The topological polar surface area (TPSA) is 106 Å². The van der Waals surface area contributed by atoms with Gasteiger partial charge >= 0.3 is 12.1 Å². The number of hydrogen-bond acceptors (Lipinski definition) is 5. The van der Waals surface area contributed by atoms with E-state index in [-0.39, 0.29) is 63.8 Å². The zero-order chi connectivity index (χ0) is 20.4. The molecule has 0 aliphatic heterocycles. The molecule has 0 aromatic rings. The maximum atomic E-state index is 11.0. The van der Waals surface area contributed by atoms with Crippen LogP contribution in [0.4, 0.5) is 0 Å². The summed E-state index contributed by atoms with van der Waals surface area (Å²) in [5.74, 6) is -2.85. The second-order valence-corrected chi connectivity index (χ2v) is 5.74. The minimum absolute atomic E-state index is 0. The molecule has 1 radical (unpaired) electrons. The summed E-state index contributed by atoms with van der Waals surface area (Å²) in [5, 5.41) is 8.69. The summed E-state index contributed by atoms with van der Waals surface area (Å²) in [6.45, 7) is 11.0. The number of rotatable bonds is 3. The molecule has 0 heterocycles. The maximum absolute atomic E-state index is 11.0. The molecular weight excluding hydrogens is 425 g/mol. The average Bonchev–Trinajstić information content (AvgIpc) is 2.37. The second kappa shape index (κ2) is 25.3. The third-order valence-corrected chi connectivity index (χ3v) is 3.68. The van der Waals surface area contributed by atoms with Crippen molar-refractivity contribution in [3.63, 3.8) is 0 Å². The van der Waals surface area contributed by atoms with E-state index in [1.807, 2.05) is 13.8 Å². The molecule has 0 amide bonds. The van der Waals surface area contributed by atoms with Crippen molar-refractivity contribution in [3.8, 4) is 0 Å². The van der Waals surface area contributed by atoms with Crippen molar-refractivity contribution in [1.29, 1.82) is 0 Å². The van der Waals surface area contributed by atoms with Crippen LogP contribution in [0.25, 0.3) is 0 Å². The standard InChI is InChI=1S/C9H12O4.C4H8.C3H8.C2H6.CO2.CH4.Y/c1-4(10)6-3-7(9(12)13)8(6)5(2)11;1-2-4-3-1;1-3-2;1-2;2-1-3;;/h6-8H,3H2,1-2H3,(H,12,13);1-4H2;3H2,1-2H3;1-2H3;;1H4;. The molecule has 6 nitrogen and oxygen atoms in total. The molecule has 2 saturated carbocycles. The Morgan fingerprint density at radius 2 is 1.19 bits per heavy atom. The summed E-state index contributed by atoms with van der Waals surface area (Å²) in [6, 6.07) is 0. The Kier molecular flexibility index (Phi) is 34.8. The summed E-state index contributed by atoms with van der Waals surface area (Å²) in [6.07, 6.45) is 7.81. The average molecular weight is 463 g/mol. The van der Waals surface area contributed by atoms with Gasteiger partial charge in [-0.05, 0) is 20.3 Å². The second-order valence-electron chi connectivity index (χ2n) is 5.74. The van der Waals surface area contributed by atoms with E-state index < -0.39 is 17.8 Å². The largest absolute Gasteiger partial charge is 0.481 e. The van der Waals surface area contributed by atoms with Crippen LogP contribution in [0.1, 0.15) is 87.5 Å². The predicted molar refractivity (Wildman–Crippen MR) is 102 cm³/mol. The van der Waals surface area contributed by atoms with Crippen molar-refractivity contribution < 1.29 is 61.8 Å². The fourth-order valence-electron chi connectivity index (χ4n) is 2.14. The molecule has 1 N–H and O–H groups in total. The fraction of sp³-hybridized carbons (Fsp3) is 0.800. The first-order valence-corrected chi connectivity index (χ1v) is 9.01. The Balaban J connectivity index is -0.0000000960. The van der Waals surface area contributed by atoms with Crippen LogP contribution in [0, 0.1) is 17.8 Å². The van der Waals surface area contributed by atoms with E-state index in [1.165, 1.54) is 46.0 Å². The Labute approximate surface area is 190 Å². The molecule has 3 atom stereocenters. The minimum Gasteiger partial charge on any atom is -0.481 e. The van der Waals surface area contributed by atoms with Gasteiger partial charge in [0.2, 0.25) is 0 Å². The van der Waals surface area contributed by atoms with Gasteiger partial charge < -0.3 is 5.11 Å². The summed E-state index contributed by atoms with van der Waals surface area (Å²) in [7, 11) is 0. The molecule has 0 aromatic heterocycles. The number of hydrogen-bond donors (Lipinski definition) is 1. The Hall–Kier alpha value is -0.706. The van der Waals surface area contributed by atoms with Crippen molar-refractivity contribution in [1.82, 2.24) is 0 Å². The van der Waals surface area contributed by atoms with E-state index in [0.717, 1.165) is 0 Å². The van der Waals surface area contributed by atoms with Gasteiger partial charge in [0, 0.05) is 44.5 Å². The molecule has 2 rings (SSSR count). The van der Waals surface area contributed by atoms with Crippen LogP contribution in [-0.4, -0.2) is 28.8 Å². The molecule has 0 saturated heterocycles. The Bertz CT molecular complexity index is 389. The van der Waals surface area contributed by atoms with E-state index >= 15 is 0 Å². The Morgan fingerprint density at radius 3 is 1.33 bits per heavy atom. The number of Topliss-reactive ketones (excluding diaryl/α,β-unsaturated/α-hetero) is 2. The van der Waals surface area contributed by atoms with Crippen LogP contribution in [0.5, 0.6) is 0 Å². The van der Waals surface area contributed by atoms with Crippen molar-refractivity contribution in [2.75, 3.05) is 0 Å². The van der Waals surface area contributed by atoms with Gasteiger partial charge in [-0.2, -0.15) is 9.59 Å². The maximum Gasteiger partial charge on any atom is 0.373 e. The van der Waals surface area contributed by atoms with Crippen LogP contribution in [0.2, 0.25) is 0 Å². The molecule has 2 fully saturated rings. The van der Waals surface area contributed by atoms with E-state index in [9.17, 15) is 14.4 Å². The van der Waals surface area contributed by atoms with Gasteiger partial charge in [-0.25, -0.2) is 0 Å². The van der Waals surface area contributed by atoms with Gasteiger partial charge in [-0.3, -0.25) is 14.4 Å². The van der Waals surface area contributed by atoms with Crippen LogP contribution in [-0.2, 0) is 56.7 Å². The number of ketones is 2. The van der Waals surface area contributed by atoms with Gasteiger partial charge in [-0.15, -0.1) is 0 Å². The molecule has 0 spiro atoms. The summed E-state index contributed by atoms with van der Waals surface area (Å²) in [5.41, 5.74) is 0. The molecule has 27 heavy (non-hydrogen) atoms. The quantitative estimate of drug-likeness (QED) is 0.658. The van der Waals surface area contributed by atoms with Crippen LogP contribution in [0.3, 0.4) is 0 Å². The third-order valence-electron chi connectivity index (χ3n) is 3.68. The number of carboxylic acids is 1. The van der Waals surface area contributed by atoms with Crippen molar-refractivity contribution in [2.45, 2.75) is 87.5 Å². The summed E-state index contributed by atoms with van der Waals surface area (Å²) in [4.78, 5) is 48.9. The zero-order valence-corrected chi connectivity index (χ0v) is 19.9. The first-order chi connectivity index (χ1) is 11.8. The van der Waals surface area contributed by atoms with Gasteiger partial charge in [-0.1, -0.05) is 67.2 Å². The molecule has 0 aromatic carbocycles. The van der Waals surface area contributed by atoms with Gasteiger partial charge in [0.25, 0.3) is 0 Å². The van der Waals surface area contributed by atoms with Crippen LogP contribution >= 0.6 is 0 Å². The minimum atomic E-state index is -0.974. The van der Waals surface area contributed by atoms with Crippen molar-refractivity contribution in [3.05, 3.63) is 0 Å². The van der Waals surface area contributed by atoms with E-state index in [0.29, 0.717) is 6.42 Å². The first-order valence-electron chi connectivity index (χ1n) is 9.01. The van der Waals surface area contributed by atoms with E-state index in [1.54, 1.807) is 0 Å². The smallest absolute Gasteiger partial charge is 0.373 e. The van der Waals surface area contributed by atoms with E-state index in [2.05, 4.69) is 13.8 Å². The summed E-state index contributed by atoms with van der Waals surface area (Å²) < 4.78 is 0. The number of carbonyl (C=O) groups is 3. The molecule has 157 valence electrons. The number of carboxylic acid groups (broad SMARTS) is 1. The molecular formula is C20H38O6Y. The normalized spacial score (nSPS) is 20.1. The van der Waals surface area contributed by atoms with Crippen LogP contribution in [0.15, 0.2) is 0 Å². The van der Waals surface area contributed by atoms with E-state index in [4.69, 9.17) is 14.7 Å². The molecule has 2 aliphatic rings. The number of carbonyl (C=O) groups excluding carboxylic acids is 4.